The first-order valence-corrected chi connectivity index (χ1v) is 8.84. The fraction of sp³-hybridized carbons (Fsp3) is 0.583. The summed E-state index contributed by atoms with van der Waals surface area (Å²) in [7, 11) is -3.67. The zero-order valence-electron chi connectivity index (χ0n) is 12.1. The minimum atomic E-state index is -3.67. The van der Waals surface area contributed by atoms with Crippen molar-refractivity contribution in [2.24, 2.45) is 11.8 Å². The Balaban J connectivity index is 2.56. The molecule has 1 heterocycles. The van der Waals surface area contributed by atoms with Crippen LogP contribution in [-0.4, -0.2) is 33.2 Å². The molecule has 7 nitrogen and oxygen atoms in total. The molecule has 0 aromatic carbocycles. The van der Waals surface area contributed by atoms with Gasteiger partial charge in [0.05, 0.1) is 0 Å². The maximum Gasteiger partial charge on any atom is 0.244 e. The fourth-order valence-corrected chi connectivity index (χ4v) is 3.21. The van der Waals surface area contributed by atoms with Gasteiger partial charge in [-0.05, 0) is 34.3 Å². The van der Waals surface area contributed by atoms with Gasteiger partial charge in [0.25, 0.3) is 0 Å². The Morgan fingerprint density at radius 3 is 2.81 bits per heavy atom. The van der Waals surface area contributed by atoms with Crippen molar-refractivity contribution in [2.75, 3.05) is 25.2 Å². The number of hydrazine groups is 1. The number of nitrogen functional groups attached to an aromatic ring is 1. The predicted molar refractivity (Wildman–Crippen MR) is 85.2 cm³/mol. The average molecular weight is 381 g/mol. The quantitative estimate of drug-likeness (QED) is 0.340. The molecule has 0 saturated heterocycles. The molecular formula is C12H21BrN4O3S. The summed E-state index contributed by atoms with van der Waals surface area (Å²) in [5.41, 5.74) is 2.28. The summed E-state index contributed by atoms with van der Waals surface area (Å²) in [5.74, 6) is 5.84. The van der Waals surface area contributed by atoms with E-state index < -0.39 is 10.0 Å². The SMILES string of the molecule is CC(C)COCCCNS(=O)(=O)c1cc(Br)cnc1NN. The second kappa shape index (κ2) is 8.64. The predicted octanol–water partition coefficient (Wildman–Crippen LogP) is 1.47. The third-order valence-electron chi connectivity index (χ3n) is 2.45. The van der Waals surface area contributed by atoms with Gasteiger partial charge in [-0.25, -0.2) is 24.0 Å². The number of anilines is 1. The van der Waals surface area contributed by atoms with E-state index in [-0.39, 0.29) is 17.3 Å². The normalized spacial score (nSPS) is 11.9. The van der Waals surface area contributed by atoms with Crippen molar-refractivity contribution in [1.82, 2.24) is 9.71 Å². The molecule has 0 amide bonds. The molecule has 0 fully saturated rings. The highest BCUT2D eigenvalue weighted by atomic mass is 79.9. The minimum absolute atomic E-state index is 0.00229. The van der Waals surface area contributed by atoms with Crippen LogP contribution < -0.4 is 16.0 Å². The number of nitrogens with one attached hydrogen (secondary N) is 2. The van der Waals surface area contributed by atoms with Gasteiger partial charge in [-0.15, -0.1) is 0 Å². The van der Waals surface area contributed by atoms with E-state index in [0.717, 1.165) is 0 Å². The molecule has 0 saturated carbocycles. The molecule has 4 N–H and O–H groups in total. The van der Waals surface area contributed by atoms with E-state index in [4.69, 9.17) is 10.6 Å². The van der Waals surface area contributed by atoms with Crippen LogP contribution in [0.4, 0.5) is 5.82 Å². The van der Waals surface area contributed by atoms with Gasteiger partial charge in [-0.3, -0.25) is 0 Å². The smallest absolute Gasteiger partial charge is 0.244 e. The molecule has 0 unspecified atom stereocenters. The second-order valence-electron chi connectivity index (χ2n) is 4.86. The first-order valence-electron chi connectivity index (χ1n) is 6.56. The topological polar surface area (TPSA) is 106 Å². The molecule has 9 heteroatoms. The standard InChI is InChI=1S/C12H21BrN4O3S/c1-9(2)8-20-5-3-4-16-21(18,19)11-6-10(13)7-15-12(11)17-14/h6-7,9,16H,3-5,8,14H2,1-2H3,(H,15,17). The first-order chi connectivity index (χ1) is 9.86. The Bertz CT molecular complexity index is 551. The number of rotatable bonds is 9. The summed E-state index contributed by atoms with van der Waals surface area (Å²) in [6.45, 7) is 5.59. The lowest BCUT2D eigenvalue weighted by Gasteiger charge is -2.11. The maximum atomic E-state index is 12.2. The molecule has 0 atom stereocenters. The van der Waals surface area contributed by atoms with Gasteiger partial charge in [-0.1, -0.05) is 13.8 Å². The van der Waals surface area contributed by atoms with Crippen molar-refractivity contribution >= 4 is 31.8 Å². The molecule has 0 aliphatic rings. The Morgan fingerprint density at radius 2 is 2.19 bits per heavy atom. The van der Waals surface area contributed by atoms with E-state index in [0.29, 0.717) is 30.0 Å². The fourth-order valence-electron chi connectivity index (χ4n) is 1.51. The number of hydrogen-bond acceptors (Lipinski definition) is 6. The van der Waals surface area contributed by atoms with E-state index in [1.807, 2.05) is 0 Å². The van der Waals surface area contributed by atoms with Crippen molar-refractivity contribution < 1.29 is 13.2 Å². The van der Waals surface area contributed by atoms with Gasteiger partial charge >= 0.3 is 0 Å². The number of pyridine rings is 1. The van der Waals surface area contributed by atoms with Crippen LogP contribution in [-0.2, 0) is 14.8 Å². The lowest BCUT2D eigenvalue weighted by Crippen LogP contribution is -2.27. The highest BCUT2D eigenvalue weighted by molar-refractivity contribution is 9.10. The van der Waals surface area contributed by atoms with Gasteiger partial charge in [0.2, 0.25) is 10.0 Å². The first kappa shape index (κ1) is 18.3. The Kier molecular flexibility index (Phi) is 7.53. The summed E-state index contributed by atoms with van der Waals surface area (Å²) in [4.78, 5) is 3.92. The Morgan fingerprint density at radius 1 is 1.48 bits per heavy atom. The number of halogens is 1. The molecule has 0 radical (unpaired) electrons. The lowest BCUT2D eigenvalue weighted by atomic mass is 10.2. The van der Waals surface area contributed by atoms with E-state index in [1.54, 1.807) is 0 Å². The Labute approximate surface area is 133 Å². The molecule has 0 spiro atoms. The summed E-state index contributed by atoms with van der Waals surface area (Å²) in [5, 5.41) is 0. The average Bonchev–Trinajstić information content (AvgIpc) is 2.42. The number of hydrogen-bond donors (Lipinski definition) is 3. The van der Waals surface area contributed by atoms with Crippen molar-refractivity contribution in [1.29, 1.82) is 0 Å². The molecule has 1 aromatic rings. The van der Waals surface area contributed by atoms with Crippen LogP contribution in [0.15, 0.2) is 21.6 Å². The molecule has 1 aromatic heterocycles. The zero-order chi connectivity index (χ0) is 15.9. The molecule has 0 aliphatic heterocycles. The largest absolute Gasteiger partial charge is 0.381 e. The summed E-state index contributed by atoms with van der Waals surface area (Å²) in [6.07, 6.45) is 2.06. The number of ether oxygens (including phenoxy) is 1. The number of nitrogens with zero attached hydrogens (tertiary/aromatic N) is 1. The van der Waals surface area contributed by atoms with Crippen LogP contribution >= 0.6 is 15.9 Å². The van der Waals surface area contributed by atoms with E-state index in [2.05, 4.69) is 44.9 Å². The van der Waals surface area contributed by atoms with Crippen LogP contribution in [0.1, 0.15) is 20.3 Å². The van der Waals surface area contributed by atoms with Gasteiger partial charge in [0, 0.05) is 30.4 Å². The van der Waals surface area contributed by atoms with Gasteiger partial charge in [0.15, 0.2) is 5.82 Å². The van der Waals surface area contributed by atoms with Crippen LogP contribution in [0, 0.1) is 5.92 Å². The van der Waals surface area contributed by atoms with Crippen molar-refractivity contribution in [2.45, 2.75) is 25.2 Å². The van der Waals surface area contributed by atoms with E-state index in [9.17, 15) is 8.42 Å². The van der Waals surface area contributed by atoms with Gasteiger partial charge in [-0.2, -0.15) is 0 Å². The second-order valence-corrected chi connectivity index (χ2v) is 7.52. The number of sulfonamides is 1. The number of aromatic nitrogens is 1. The highest BCUT2D eigenvalue weighted by Crippen LogP contribution is 2.21. The van der Waals surface area contributed by atoms with Crippen molar-refractivity contribution in [3.8, 4) is 0 Å². The maximum absolute atomic E-state index is 12.2. The van der Waals surface area contributed by atoms with E-state index in [1.165, 1.54) is 12.3 Å². The summed E-state index contributed by atoms with van der Waals surface area (Å²) >= 11 is 3.19. The molecule has 120 valence electrons. The molecule has 1 rings (SSSR count). The van der Waals surface area contributed by atoms with Crippen LogP contribution in [0.5, 0.6) is 0 Å². The van der Waals surface area contributed by atoms with Crippen LogP contribution in [0.3, 0.4) is 0 Å². The monoisotopic (exact) mass is 380 g/mol. The van der Waals surface area contributed by atoms with Crippen LogP contribution in [0.2, 0.25) is 0 Å². The third-order valence-corrected chi connectivity index (χ3v) is 4.36. The molecular weight excluding hydrogens is 360 g/mol. The molecule has 21 heavy (non-hydrogen) atoms. The van der Waals surface area contributed by atoms with Gasteiger partial charge < -0.3 is 10.2 Å². The molecule has 0 bridgehead atoms. The minimum Gasteiger partial charge on any atom is -0.381 e. The number of nitrogens with two attached hydrogens (primary N) is 1. The highest BCUT2D eigenvalue weighted by Gasteiger charge is 2.19. The van der Waals surface area contributed by atoms with Crippen molar-refractivity contribution in [3.05, 3.63) is 16.7 Å². The zero-order valence-corrected chi connectivity index (χ0v) is 14.5. The van der Waals surface area contributed by atoms with Gasteiger partial charge in [0.1, 0.15) is 4.90 Å². The molecule has 0 aliphatic carbocycles. The van der Waals surface area contributed by atoms with Crippen molar-refractivity contribution in [3.63, 3.8) is 0 Å². The third kappa shape index (κ3) is 6.27. The van der Waals surface area contributed by atoms with Crippen LogP contribution in [0.25, 0.3) is 0 Å². The summed E-state index contributed by atoms with van der Waals surface area (Å²) in [6, 6.07) is 1.44. The van der Waals surface area contributed by atoms with E-state index >= 15 is 0 Å². The summed E-state index contributed by atoms with van der Waals surface area (Å²) < 4.78 is 32.8. The lowest BCUT2D eigenvalue weighted by molar-refractivity contribution is 0.108. The Hall–Kier alpha value is -0.740.